The number of benzene rings is 1. The number of hydrogen-bond donors (Lipinski definition) is 1. The minimum atomic E-state index is -0.391. The molecule has 1 aromatic carbocycles. The van der Waals surface area contributed by atoms with Gasteiger partial charge in [-0.3, -0.25) is 4.79 Å². The minimum absolute atomic E-state index is 0.0444. The molecular weight excluding hydrogens is 402 g/mol. The fourth-order valence-corrected chi connectivity index (χ4v) is 5.36. The summed E-state index contributed by atoms with van der Waals surface area (Å²) in [5.74, 6) is 1.53. The third-order valence-corrected chi connectivity index (χ3v) is 7.34. The molecule has 0 bridgehead atoms. The van der Waals surface area contributed by atoms with Crippen LogP contribution < -0.4 is 0 Å². The van der Waals surface area contributed by atoms with Gasteiger partial charge in [-0.2, -0.15) is 0 Å². The Kier molecular flexibility index (Phi) is 8.63. The van der Waals surface area contributed by atoms with Gasteiger partial charge in [-0.05, 0) is 54.7 Å². The van der Waals surface area contributed by atoms with Crippen LogP contribution in [0.3, 0.4) is 0 Å². The summed E-state index contributed by atoms with van der Waals surface area (Å²) in [6.45, 7) is 2.15. The van der Waals surface area contributed by atoms with Gasteiger partial charge in [0.05, 0.1) is 13.2 Å². The van der Waals surface area contributed by atoms with Crippen molar-refractivity contribution < 1.29 is 19.4 Å². The lowest BCUT2D eigenvalue weighted by Crippen LogP contribution is -2.39. The van der Waals surface area contributed by atoms with Gasteiger partial charge in [0.15, 0.2) is 5.76 Å². The van der Waals surface area contributed by atoms with Gasteiger partial charge in [0.2, 0.25) is 6.29 Å². The standard InChI is InChI=1S/C27H39NO4/c29-19-21-11-13-22(14-12-21)20-31-26-18-24(23-9-5-4-6-10-23)17-25(32-26)27(30)28-15-7-2-1-3-8-16-28/h11-14,17,23-24,26,29H,1-10,15-16,18-20H2/t24-,26+/m0/s1. The van der Waals surface area contributed by atoms with Crippen LogP contribution in [0.1, 0.15) is 81.8 Å². The summed E-state index contributed by atoms with van der Waals surface area (Å²) < 4.78 is 12.3. The summed E-state index contributed by atoms with van der Waals surface area (Å²) in [6.07, 6.45) is 14.8. The fourth-order valence-electron chi connectivity index (χ4n) is 5.36. The monoisotopic (exact) mass is 441 g/mol. The molecule has 5 nitrogen and oxygen atoms in total. The minimum Gasteiger partial charge on any atom is -0.459 e. The van der Waals surface area contributed by atoms with Gasteiger partial charge < -0.3 is 19.5 Å². The molecule has 2 heterocycles. The number of nitrogens with zero attached hydrogens (tertiary/aromatic N) is 1. The second-order valence-corrected chi connectivity index (χ2v) is 9.72. The molecule has 2 aliphatic heterocycles. The first-order valence-electron chi connectivity index (χ1n) is 12.7. The molecule has 32 heavy (non-hydrogen) atoms. The van der Waals surface area contributed by atoms with E-state index in [0.717, 1.165) is 43.5 Å². The highest BCUT2D eigenvalue weighted by molar-refractivity contribution is 5.91. The second-order valence-electron chi connectivity index (χ2n) is 9.72. The number of carbonyl (C=O) groups excluding carboxylic acids is 1. The normalized spacial score (nSPS) is 25.4. The highest BCUT2D eigenvalue weighted by Crippen LogP contribution is 2.37. The number of rotatable bonds is 6. The van der Waals surface area contributed by atoms with E-state index in [4.69, 9.17) is 9.47 Å². The van der Waals surface area contributed by atoms with Gasteiger partial charge in [0.25, 0.3) is 5.91 Å². The number of amides is 1. The Hall–Kier alpha value is -1.85. The first-order chi connectivity index (χ1) is 15.7. The molecule has 0 aromatic heterocycles. The lowest BCUT2D eigenvalue weighted by molar-refractivity contribution is -0.161. The molecule has 3 aliphatic rings. The van der Waals surface area contributed by atoms with Crippen LogP contribution in [-0.2, 0) is 27.5 Å². The van der Waals surface area contributed by atoms with Crippen molar-refractivity contribution in [3.63, 3.8) is 0 Å². The van der Waals surface area contributed by atoms with Crippen molar-refractivity contribution in [3.8, 4) is 0 Å². The first kappa shape index (κ1) is 23.3. The Labute approximate surface area is 192 Å². The third kappa shape index (κ3) is 6.35. The van der Waals surface area contributed by atoms with E-state index in [2.05, 4.69) is 6.08 Å². The van der Waals surface area contributed by atoms with Crippen molar-refractivity contribution in [1.82, 2.24) is 4.90 Å². The SMILES string of the molecule is O=C(C1=C[C@H](C2CCCCC2)C[C@H](OCc2ccc(CO)cc2)O1)N1CCCCCCC1. The average Bonchev–Trinajstić information content (AvgIpc) is 2.83. The van der Waals surface area contributed by atoms with Crippen LogP contribution in [-0.4, -0.2) is 35.3 Å². The number of carbonyl (C=O) groups is 1. The van der Waals surface area contributed by atoms with Gasteiger partial charge in [-0.15, -0.1) is 0 Å². The molecule has 176 valence electrons. The van der Waals surface area contributed by atoms with Gasteiger partial charge in [0.1, 0.15) is 0 Å². The highest BCUT2D eigenvalue weighted by atomic mass is 16.7. The van der Waals surface area contributed by atoms with E-state index in [0.29, 0.717) is 24.2 Å². The molecule has 1 aliphatic carbocycles. The molecule has 1 saturated heterocycles. The maximum absolute atomic E-state index is 13.4. The highest BCUT2D eigenvalue weighted by Gasteiger charge is 2.34. The number of likely N-dealkylation sites (tertiary alicyclic amines) is 1. The van der Waals surface area contributed by atoms with Crippen LogP contribution in [0.15, 0.2) is 36.1 Å². The van der Waals surface area contributed by atoms with Crippen molar-refractivity contribution >= 4 is 5.91 Å². The van der Waals surface area contributed by atoms with Crippen LogP contribution in [0.25, 0.3) is 0 Å². The number of hydrogen-bond acceptors (Lipinski definition) is 4. The Bertz CT molecular complexity index is 745. The molecule has 1 amide bonds. The average molecular weight is 442 g/mol. The Balaban J connectivity index is 1.44. The molecule has 1 N–H and O–H groups in total. The van der Waals surface area contributed by atoms with Crippen molar-refractivity contribution in [2.24, 2.45) is 11.8 Å². The fraction of sp³-hybridized carbons (Fsp3) is 0.667. The largest absolute Gasteiger partial charge is 0.459 e. The van der Waals surface area contributed by atoms with E-state index in [-0.39, 0.29) is 12.5 Å². The predicted octanol–water partition coefficient (Wildman–Crippen LogP) is 5.32. The Morgan fingerprint density at radius 1 is 0.938 bits per heavy atom. The summed E-state index contributed by atoms with van der Waals surface area (Å²) in [7, 11) is 0. The number of aliphatic hydroxyl groups excluding tert-OH is 1. The number of allylic oxidation sites excluding steroid dienone is 1. The first-order valence-corrected chi connectivity index (χ1v) is 12.7. The number of ether oxygens (including phenoxy) is 2. The molecule has 0 unspecified atom stereocenters. The summed E-state index contributed by atoms with van der Waals surface area (Å²) in [5.41, 5.74) is 1.94. The second kappa shape index (κ2) is 11.9. The molecule has 1 aromatic rings. The van der Waals surface area contributed by atoms with Crippen LogP contribution in [0.4, 0.5) is 0 Å². The molecule has 2 atom stereocenters. The van der Waals surface area contributed by atoms with E-state index >= 15 is 0 Å². The zero-order valence-electron chi connectivity index (χ0n) is 19.3. The van der Waals surface area contributed by atoms with E-state index in [1.165, 1.54) is 51.4 Å². The van der Waals surface area contributed by atoms with Crippen molar-refractivity contribution in [2.45, 2.75) is 90.1 Å². The van der Waals surface area contributed by atoms with Crippen LogP contribution in [0.2, 0.25) is 0 Å². The number of aliphatic hydroxyl groups is 1. The molecule has 1 saturated carbocycles. The molecule has 5 heteroatoms. The van der Waals surface area contributed by atoms with Gasteiger partial charge in [0, 0.05) is 19.5 Å². The molecule has 2 fully saturated rings. The Morgan fingerprint density at radius 3 is 2.25 bits per heavy atom. The lowest BCUT2D eigenvalue weighted by Gasteiger charge is -2.36. The zero-order valence-corrected chi connectivity index (χ0v) is 19.3. The van der Waals surface area contributed by atoms with Crippen molar-refractivity contribution in [3.05, 3.63) is 47.2 Å². The predicted molar refractivity (Wildman–Crippen MR) is 124 cm³/mol. The van der Waals surface area contributed by atoms with Crippen molar-refractivity contribution in [1.29, 1.82) is 0 Å². The van der Waals surface area contributed by atoms with Gasteiger partial charge in [-0.1, -0.05) is 62.8 Å². The molecule has 0 radical (unpaired) electrons. The summed E-state index contributed by atoms with van der Waals surface area (Å²) >= 11 is 0. The van der Waals surface area contributed by atoms with E-state index in [9.17, 15) is 9.90 Å². The van der Waals surface area contributed by atoms with Crippen LogP contribution >= 0.6 is 0 Å². The van der Waals surface area contributed by atoms with Crippen LogP contribution in [0.5, 0.6) is 0 Å². The topological polar surface area (TPSA) is 59.0 Å². The van der Waals surface area contributed by atoms with E-state index < -0.39 is 6.29 Å². The van der Waals surface area contributed by atoms with Gasteiger partial charge in [-0.25, -0.2) is 0 Å². The van der Waals surface area contributed by atoms with E-state index in [1.54, 1.807) is 0 Å². The van der Waals surface area contributed by atoms with Crippen molar-refractivity contribution in [2.75, 3.05) is 13.1 Å². The van der Waals surface area contributed by atoms with Crippen LogP contribution in [0, 0.1) is 11.8 Å². The van der Waals surface area contributed by atoms with Gasteiger partial charge >= 0.3 is 0 Å². The maximum atomic E-state index is 13.4. The van der Waals surface area contributed by atoms with E-state index in [1.807, 2.05) is 29.2 Å². The summed E-state index contributed by atoms with van der Waals surface area (Å²) in [5, 5.41) is 9.24. The Morgan fingerprint density at radius 2 is 1.56 bits per heavy atom. The lowest BCUT2D eigenvalue weighted by atomic mass is 9.77. The summed E-state index contributed by atoms with van der Waals surface area (Å²) in [4.78, 5) is 15.4. The third-order valence-electron chi connectivity index (χ3n) is 7.34. The molecule has 4 rings (SSSR count). The molecular formula is C27H39NO4. The maximum Gasteiger partial charge on any atom is 0.288 e. The zero-order chi connectivity index (χ0) is 22.2. The summed E-state index contributed by atoms with van der Waals surface area (Å²) in [6, 6.07) is 7.80. The smallest absolute Gasteiger partial charge is 0.288 e. The molecule has 0 spiro atoms. The quantitative estimate of drug-likeness (QED) is 0.649.